The van der Waals surface area contributed by atoms with Gasteiger partial charge in [0, 0.05) is 17.9 Å². The smallest absolute Gasteiger partial charge is 0.344 e. The van der Waals surface area contributed by atoms with Gasteiger partial charge in [0.2, 0.25) is 5.91 Å². The molecule has 2 heterocycles. The molecular formula is C17H20N4O4S. The minimum atomic E-state index is -0.308. The Labute approximate surface area is 154 Å². The fourth-order valence-corrected chi connectivity index (χ4v) is 3.47. The van der Waals surface area contributed by atoms with Crippen LogP contribution in [0, 0.1) is 0 Å². The first-order valence-corrected chi connectivity index (χ1v) is 9.32. The Kier molecular flexibility index (Phi) is 5.89. The zero-order chi connectivity index (χ0) is 18.5. The summed E-state index contributed by atoms with van der Waals surface area (Å²) in [5.74, 6) is -0.208. The second kappa shape index (κ2) is 8.33. The average molecular weight is 376 g/mol. The van der Waals surface area contributed by atoms with E-state index < -0.39 is 0 Å². The van der Waals surface area contributed by atoms with Crippen LogP contribution in [-0.4, -0.2) is 44.9 Å². The van der Waals surface area contributed by atoms with Gasteiger partial charge in [-0.3, -0.25) is 14.2 Å². The maximum atomic E-state index is 12.2. The van der Waals surface area contributed by atoms with Crippen molar-refractivity contribution < 1.29 is 14.3 Å². The van der Waals surface area contributed by atoms with Crippen molar-refractivity contribution in [3.05, 3.63) is 40.3 Å². The van der Waals surface area contributed by atoms with Crippen molar-refractivity contribution in [1.29, 1.82) is 0 Å². The third-order valence-electron chi connectivity index (χ3n) is 4.02. The van der Waals surface area contributed by atoms with E-state index >= 15 is 0 Å². The number of hydrogen-bond acceptors (Lipinski definition) is 6. The molecule has 1 saturated heterocycles. The van der Waals surface area contributed by atoms with E-state index in [4.69, 9.17) is 4.74 Å². The lowest BCUT2D eigenvalue weighted by molar-refractivity contribution is -0.113. The number of carbonyl (C=O) groups is 2. The number of ketones is 1. The predicted molar refractivity (Wildman–Crippen MR) is 97.6 cm³/mol. The summed E-state index contributed by atoms with van der Waals surface area (Å²) in [7, 11) is 0. The number of aromatic nitrogens is 3. The van der Waals surface area contributed by atoms with E-state index in [2.05, 4.69) is 15.5 Å². The van der Waals surface area contributed by atoms with E-state index in [0.29, 0.717) is 29.6 Å². The number of hydrogen-bond donors (Lipinski definition) is 2. The summed E-state index contributed by atoms with van der Waals surface area (Å²) in [6, 6.07) is 6.76. The molecule has 0 aliphatic carbocycles. The van der Waals surface area contributed by atoms with E-state index in [-0.39, 0.29) is 29.2 Å². The molecule has 0 bridgehead atoms. The van der Waals surface area contributed by atoms with Crippen LogP contribution in [0.3, 0.4) is 0 Å². The third-order valence-corrected chi connectivity index (χ3v) is 5.00. The topological polar surface area (TPSA) is 106 Å². The van der Waals surface area contributed by atoms with Crippen molar-refractivity contribution in [2.24, 2.45) is 0 Å². The molecule has 1 aliphatic rings. The Morgan fingerprint density at radius 1 is 1.46 bits per heavy atom. The number of Topliss-reactive ketones (excluding diaryl/α,β-unsaturated/α-hetero) is 1. The molecule has 9 heteroatoms. The highest BCUT2D eigenvalue weighted by atomic mass is 32.2. The SMILES string of the molecule is CC(=O)c1cccc(NC(=O)CSc2n[nH]c(=O)n2C[C@@H]2CCCO2)c1. The number of nitrogens with zero attached hydrogens (tertiary/aromatic N) is 2. The van der Waals surface area contributed by atoms with Gasteiger partial charge in [-0.25, -0.2) is 9.89 Å². The number of aromatic amines is 1. The summed E-state index contributed by atoms with van der Waals surface area (Å²) in [6.07, 6.45) is 1.91. The number of thioether (sulfide) groups is 1. The van der Waals surface area contributed by atoms with Gasteiger partial charge in [-0.2, -0.15) is 0 Å². The van der Waals surface area contributed by atoms with Crippen LogP contribution in [0.25, 0.3) is 0 Å². The summed E-state index contributed by atoms with van der Waals surface area (Å²) in [5, 5.41) is 9.60. The van der Waals surface area contributed by atoms with Gasteiger partial charge in [-0.1, -0.05) is 23.9 Å². The number of rotatable bonds is 7. The molecule has 3 rings (SSSR count). The molecule has 0 unspecified atom stereocenters. The predicted octanol–water partition coefficient (Wildman–Crippen LogP) is 1.68. The minimum Gasteiger partial charge on any atom is -0.376 e. The van der Waals surface area contributed by atoms with E-state index in [0.717, 1.165) is 12.8 Å². The van der Waals surface area contributed by atoms with Crippen molar-refractivity contribution in [2.75, 3.05) is 17.7 Å². The molecule has 8 nitrogen and oxygen atoms in total. The van der Waals surface area contributed by atoms with E-state index in [1.54, 1.807) is 24.3 Å². The molecule has 2 N–H and O–H groups in total. The molecule has 1 atom stereocenters. The van der Waals surface area contributed by atoms with Crippen LogP contribution < -0.4 is 11.0 Å². The van der Waals surface area contributed by atoms with Crippen molar-refractivity contribution in [1.82, 2.24) is 14.8 Å². The molecule has 138 valence electrons. The van der Waals surface area contributed by atoms with Gasteiger partial charge in [-0.05, 0) is 31.9 Å². The Morgan fingerprint density at radius 3 is 3.04 bits per heavy atom. The van der Waals surface area contributed by atoms with Crippen LogP contribution in [0.5, 0.6) is 0 Å². The lowest BCUT2D eigenvalue weighted by Gasteiger charge is -2.11. The van der Waals surface area contributed by atoms with Crippen LogP contribution >= 0.6 is 11.8 Å². The number of ether oxygens (including phenoxy) is 1. The van der Waals surface area contributed by atoms with Gasteiger partial charge < -0.3 is 10.1 Å². The first-order valence-electron chi connectivity index (χ1n) is 8.33. The number of carbonyl (C=O) groups excluding carboxylic acids is 2. The highest BCUT2D eigenvalue weighted by Gasteiger charge is 2.20. The Bertz CT molecular complexity index is 854. The quantitative estimate of drug-likeness (QED) is 0.563. The van der Waals surface area contributed by atoms with Crippen LogP contribution in [0.4, 0.5) is 5.69 Å². The molecular weight excluding hydrogens is 356 g/mol. The minimum absolute atomic E-state index is 0.00722. The zero-order valence-electron chi connectivity index (χ0n) is 14.4. The largest absolute Gasteiger partial charge is 0.376 e. The van der Waals surface area contributed by atoms with Crippen molar-refractivity contribution in [3.63, 3.8) is 0 Å². The summed E-state index contributed by atoms with van der Waals surface area (Å²) in [6.45, 7) is 2.61. The van der Waals surface area contributed by atoms with E-state index in [1.165, 1.54) is 23.3 Å². The summed E-state index contributed by atoms with van der Waals surface area (Å²) in [5.41, 5.74) is 0.785. The van der Waals surface area contributed by atoms with E-state index in [9.17, 15) is 14.4 Å². The zero-order valence-corrected chi connectivity index (χ0v) is 15.2. The number of H-pyrrole nitrogens is 1. The summed E-state index contributed by atoms with van der Waals surface area (Å²) < 4.78 is 7.06. The normalized spacial score (nSPS) is 16.6. The molecule has 0 spiro atoms. The van der Waals surface area contributed by atoms with Crippen LogP contribution in [0.1, 0.15) is 30.1 Å². The monoisotopic (exact) mass is 376 g/mol. The Balaban J connectivity index is 1.58. The highest BCUT2D eigenvalue weighted by molar-refractivity contribution is 7.99. The highest BCUT2D eigenvalue weighted by Crippen LogP contribution is 2.18. The lowest BCUT2D eigenvalue weighted by atomic mass is 10.1. The standard InChI is InChI=1S/C17H20N4O4S/c1-11(22)12-4-2-5-13(8-12)18-15(23)10-26-17-20-19-16(24)21(17)9-14-6-3-7-25-14/h2,4-5,8,14H,3,6-7,9-10H2,1H3,(H,18,23)(H,19,24)/t14-/m0/s1. The van der Waals surface area contributed by atoms with Crippen molar-refractivity contribution >= 4 is 29.1 Å². The Morgan fingerprint density at radius 2 is 2.31 bits per heavy atom. The number of nitrogens with one attached hydrogen (secondary N) is 2. The first-order chi connectivity index (χ1) is 12.5. The van der Waals surface area contributed by atoms with Gasteiger partial charge in [0.25, 0.3) is 0 Å². The second-order valence-corrected chi connectivity index (χ2v) is 6.97. The first kappa shape index (κ1) is 18.4. The number of benzene rings is 1. The third kappa shape index (κ3) is 4.61. The van der Waals surface area contributed by atoms with Crippen molar-refractivity contribution in [3.8, 4) is 0 Å². The Hall–Kier alpha value is -2.39. The molecule has 1 fully saturated rings. The fourth-order valence-electron chi connectivity index (χ4n) is 2.71. The van der Waals surface area contributed by atoms with Gasteiger partial charge in [-0.15, -0.1) is 5.10 Å². The molecule has 2 aromatic rings. The lowest BCUT2D eigenvalue weighted by Crippen LogP contribution is -2.25. The number of anilines is 1. The molecule has 1 amide bonds. The van der Waals surface area contributed by atoms with Crippen molar-refractivity contribution in [2.45, 2.75) is 37.6 Å². The molecule has 0 saturated carbocycles. The summed E-state index contributed by atoms with van der Waals surface area (Å²) in [4.78, 5) is 35.5. The molecule has 0 radical (unpaired) electrons. The van der Waals surface area contributed by atoms with Crippen LogP contribution in [-0.2, 0) is 16.1 Å². The van der Waals surface area contributed by atoms with Gasteiger partial charge in [0.1, 0.15) is 0 Å². The van der Waals surface area contributed by atoms with E-state index in [1.807, 2.05) is 0 Å². The maximum Gasteiger partial charge on any atom is 0.344 e. The van der Waals surface area contributed by atoms with Gasteiger partial charge >= 0.3 is 5.69 Å². The maximum absolute atomic E-state index is 12.2. The van der Waals surface area contributed by atoms with Gasteiger partial charge in [0.05, 0.1) is 18.4 Å². The number of amides is 1. The molecule has 1 aromatic heterocycles. The summed E-state index contributed by atoms with van der Waals surface area (Å²) >= 11 is 1.18. The van der Waals surface area contributed by atoms with Crippen LogP contribution in [0.15, 0.2) is 34.2 Å². The van der Waals surface area contributed by atoms with Crippen LogP contribution in [0.2, 0.25) is 0 Å². The molecule has 1 aromatic carbocycles. The van der Waals surface area contributed by atoms with Gasteiger partial charge in [0.15, 0.2) is 10.9 Å². The average Bonchev–Trinajstić information content (AvgIpc) is 3.25. The molecule has 1 aliphatic heterocycles. The fraction of sp³-hybridized carbons (Fsp3) is 0.412. The molecule has 26 heavy (non-hydrogen) atoms. The second-order valence-electron chi connectivity index (χ2n) is 6.03.